The Kier molecular flexibility index (Phi) is 8.98. The molecule has 0 N–H and O–H groups in total. The highest BCUT2D eigenvalue weighted by molar-refractivity contribution is 5.82. The summed E-state index contributed by atoms with van der Waals surface area (Å²) in [6, 6.07) is 6.76. The van der Waals surface area contributed by atoms with Crippen LogP contribution in [0.2, 0.25) is 0 Å². The molecule has 0 radical (unpaired) electrons. The summed E-state index contributed by atoms with van der Waals surface area (Å²) in [7, 11) is 1.61. The van der Waals surface area contributed by atoms with E-state index in [9.17, 15) is 14.4 Å². The Balaban J connectivity index is 2.36. The number of carbonyl (C=O) groups excluding carboxylic acids is 2. The lowest BCUT2D eigenvalue weighted by Crippen LogP contribution is -2.38. The molecule has 1 aromatic carbocycles. The zero-order valence-corrected chi connectivity index (χ0v) is 18.2. The van der Waals surface area contributed by atoms with Gasteiger partial charge in [0.05, 0.1) is 30.0 Å². The fourth-order valence-electron chi connectivity index (χ4n) is 3.45. The van der Waals surface area contributed by atoms with Gasteiger partial charge in [-0.15, -0.1) is 0 Å². The zero-order chi connectivity index (χ0) is 22.1. The molecule has 1 amide bonds. The minimum atomic E-state index is -0.436. The normalized spacial score (nSPS) is 12.0. The summed E-state index contributed by atoms with van der Waals surface area (Å²) < 4.78 is 11.7. The van der Waals surface area contributed by atoms with E-state index in [4.69, 9.17) is 14.5 Å². The van der Waals surface area contributed by atoms with E-state index in [0.717, 1.165) is 0 Å². The number of hydrogen-bond donors (Lipinski definition) is 0. The van der Waals surface area contributed by atoms with E-state index in [2.05, 4.69) is 0 Å². The molecule has 1 aromatic heterocycles. The Morgan fingerprint density at radius 3 is 2.60 bits per heavy atom. The van der Waals surface area contributed by atoms with Gasteiger partial charge in [-0.3, -0.25) is 19.0 Å². The third kappa shape index (κ3) is 5.66. The van der Waals surface area contributed by atoms with Crippen LogP contribution in [-0.2, 0) is 25.6 Å². The van der Waals surface area contributed by atoms with Crippen LogP contribution >= 0.6 is 0 Å². The van der Waals surface area contributed by atoms with Crippen LogP contribution in [0.3, 0.4) is 0 Å². The Morgan fingerprint density at radius 2 is 1.93 bits per heavy atom. The van der Waals surface area contributed by atoms with E-state index in [1.165, 1.54) is 0 Å². The minimum Gasteiger partial charge on any atom is -0.466 e. The summed E-state index contributed by atoms with van der Waals surface area (Å²) in [5.74, 6) is -0.0514. The Labute approximate surface area is 176 Å². The summed E-state index contributed by atoms with van der Waals surface area (Å²) in [5.41, 5.74) is 0.477. The van der Waals surface area contributed by atoms with Crippen molar-refractivity contribution in [2.24, 2.45) is 0 Å². The summed E-state index contributed by atoms with van der Waals surface area (Å²) >= 11 is 0. The maximum Gasteiger partial charge on any atom is 0.306 e. The third-order valence-corrected chi connectivity index (χ3v) is 4.96. The molecule has 2 rings (SSSR count). The molecule has 1 atom stereocenters. The zero-order valence-electron chi connectivity index (χ0n) is 18.2. The van der Waals surface area contributed by atoms with Crippen molar-refractivity contribution in [1.29, 1.82) is 0 Å². The number of fused-ring (bicyclic) bond motifs is 1. The first-order valence-corrected chi connectivity index (χ1v) is 10.4. The number of rotatable bonds is 11. The van der Waals surface area contributed by atoms with Crippen LogP contribution in [-0.4, -0.2) is 53.2 Å². The van der Waals surface area contributed by atoms with Gasteiger partial charge in [-0.1, -0.05) is 12.1 Å². The lowest BCUT2D eigenvalue weighted by Gasteiger charge is -2.30. The van der Waals surface area contributed by atoms with Crippen molar-refractivity contribution in [3.8, 4) is 0 Å². The van der Waals surface area contributed by atoms with Crippen LogP contribution in [0.15, 0.2) is 29.1 Å². The van der Waals surface area contributed by atoms with Crippen molar-refractivity contribution < 1.29 is 19.1 Å². The molecule has 0 unspecified atom stereocenters. The van der Waals surface area contributed by atoms with E-state index in [1.807, 2.05) is 26.0 Å². The number of amides is 1. The second-order valence-corrected chi connectivity index (χ2v) is 6.95. The molecule has 8 nitrogen and oxygen atoms in total. The molecule has 0 spiro atoms. The van der Waals surface area contributed by atoms with Gasteiger partial charge in [-0.25, -0.2) is 4.98 Å². The third-order valence-electron chi connectivity index (χ3n) is 4.96. The second-order valence-electron chi connectivity index (χ2n) is 6.95. The summed E-state index contributed by atoms with van der Waals surface area (Å²) in [6.07, 6.45) is 0.696. The van der Waals surface area contributed by atoms with Gasteiger partial charge in [0.15, 0.2) is 0 Å². The lowest BCUT2D eigenvalue weighted by molar-refractivity contribution is -0.146. The monoisotopic (exact) mass is 417 g/mol. The minimum absolute atomic E-state index is 0.0197. The molecule has 30 heavy (non-hydrogen) atoms. The quantitative estimate of drug-likeness (QED) is 0.412. The van der Waals surface area contributed by atoms with Crippen molar-refractivity contribution in [2.75, 3.05) is 26.9 Å². The van der Waals surface area contributed by atoms with E-state index in [-0.39, 0.29) is 30.9 Å². The van der Waals surface area contributed by atoms with Gasteiger partial charge in [0.2, 0.25) is 5.91 Å². The largest absolute Gasteiger partial charge is 0.466 e. The fraction of sp³-hybridized carbons (Fsp3) is 0.545. The number of hydrogen-bond acceptors (Lipinski definition) is 6. The smallest absolute Gasteiger partial charge is 0.306 e. The maximum atomic E-state index is 13.0. The van der Waals surface area contributed by atoms with Gasteiger partial charge in [0.1, 0.15) is 5.82 Å². The van der Waals surface area contributed by atoms with Crippen molar-refractivity contribution in [3.63, 3.8) is 0 Å². The first kappa shape index (κ1) is 23.5. The number of methoxy groups -OCH3 is 1. The summed E-state index contributed by atoms with van der Waals surface area (Å²) in [6.45, 7) is 7.13. The lowest BCUT2D eigenvalue weighted by atomic mass is 10.1. The van der Waals surface area contributed by atoms with Gasteiger partial charge in [-0.2, -0.15) is 0 Å². The van der Waals surface area contributed by atoms with E-state index in [0.29, 0.717) is 42.8 Å². The first-order valence-electron chi connectivity index (χ1n) is 10.4. The van der Waals surface area contributed by atoms with E-state index >= 15 is 0 Å². The second kappa shape index (κ2) is 11.4. The summed E-state index contributed by atoms with van der Waals surface area (Å²) in [5, 5.41) is 0.551. The van der Waals surface area contributed by atoms with Crippen LogP contribution in [0.1, 0.15) is 51.9 Å². The van der Waals surface area contributed by atoms with Crippen LogP contribution in [0, 0.1) is 0 Å². The van der Waals surface area contributed by atoms with Crippen molar-refractivity contribution in [2.45, 2.75) is 52.6 Å². The molecule has 0 aliphatic rings. The van der Waals surface area contributed by atoms with Gasteiger partial charge in [0.25, 0.3) is 5.56 Å². The Morgan fingerprint density at radius 1 is 1.20 bits per heavy atom. The highest BCUT2D eigenvalue weighted by Crippen LogP contribution is 2.22. The van der Waals surface area contributed by atoms with Crippen LogP contribution in [0.5, 0.6) is 0 Å². The highest BCUT2D eigenvalue weighted by atomic mass is 16.5. The molecule has 1 heterocycles. The average Bonchev–Trinajstić information content (AvgIpc) is 2.75. The fourth-order valence-corrected chi connectivity index (χ4v) is 3.45. The molecule has 0 fully saturated rings. The Bertz CT molecular complexity index is 925. The average molecular weight is 418 g/mol. The molecule has 0 saturated heterocycles. The molecule has 164 valence electrons. The van der Waals surface area contributed by atoms with Crippen LogP contribution < -0.4 is 5.56 Å². The van der Waals surface area contributed by atoms with Crippen LogP contribution in [0.4, 0.5) is 0 Å². The topological polar surface area (TPSA) is 90.7 Å². The maximum absolute atomic E-state index is 13.0. The molecule has 0 aliphatic heterocycles. The van der Waals surface area contributed by atoms with Crippen molar-refractivity contribution in [3.05, 3.63) is 40.4 Å². The molecule has 2 aromatic rings. The van der Waals surface area contributed by atoms with E-state index in [1.54, 1.807) is 35.6 Å². The Hall–Kier alpha value is -2.74. The number of benzene rings is 1. The first-order chi connectivity index (χ1) is 14.4. The van der Waals surface area contributed by atoms with Gasteiger partial charge in [0, 0.05) is 33.2 Å². The van der Waals surface area contributed by atoms with Gasteiger partial charge in [-0.05, 0) is 39.3 Å². The number of para-hydroxylation sites is 1. The molecule has 0 saturated carbocycles. The van der Waals surface area contributed by atoms with Crippen molar-refractivity contribution in [1.82, 2.24) is 14.5 Å². The van der Waals surface area contributed by atoms with Gasteiger partial charge < -0.3 is 14.4 Å². The molecule has 0 aliphatic carbocycles. The van der Waals surface area contributed by atoms with Gasteiger partial charge >= 0.3 is 5.97 Å². The molecule has 0 bridgehead atoms. The standard InChI is InChI=1S/C22H31N3O5/c1-5-24-21(23-18-11-8-7-10-17(18)22(24)28)16(3)25(14-9-15-29-4)19(26)12-13-20(27)30-6-2/h7-8,10-11,16H,5-6,9,12-15H2,1-4H3/t16-/m1/s1. The number of nitrogens with zero attached hydrogens (tertiary/aromatic N) is 3. The molecular formula is C22H31N3O5. The molecule has 8 heteroatoms. The predicted molar refractivity (Wildman–Crippen MR) is 114 cm³/mol. The van der Waals surface area contributed by atoms with Crippen LogP contribution in [0.25, 0.3) is 10.9 Å². The number of aromatic nitrogens is 2. The summed E-state index contributed by atoms with van der Waals surface area (Å²) in [4.78, 5) is 44.0. The van der Waals surface area contributed by atoms with Crippen molar-refractivity contribution >= 4 is 22.8 Å². The molecular weight excluding hydrogens is 386 g/mol. The number of esters is 1. The number of ether oxygens (including phenoxy) is 2. The predicted octanol–water partition coefficient (Wildman–Crippen LogP) is 2.69. The number of carbonyl (C=O) groups is 2. The van der Waals surface area contributed by atoms with E-state index < -0.39 is 12.0 Å². The highest BCUT2D eigenvalue weighted by Gasteiger charge is 2.26. The SMILES string of the molecule is CCOC(=O)CCC(=O)N(CCCOC)[C@H](C)c1nc2ccccc2c(=O)n1CC.